The predicted octanol–water partition coefficient (Wildman–Crippen LogP) is 2.26. The molecule has 20 heavy (non-hydrogen) atoms. The molecule has 0 bridgehead atoms. The molecule has 0 saturated carbocycles. The maximum absolute atomic E-state index is 11.9. The molecule has 5 nitrogen and oxygen atoms in total. The average Bonchev–Trinajstić information content (AvgIpc) is 2.73. The van der Waals surface area contributed by atoms with Gasteiger partial charge in [0.1, 0.15) is 12.3 Å². The van der Waals surface area contributed by atoms with Crippen LogP contribution in [0.15, 0.2) is 34.4 Å². The molecule has 0 aliphatic carbocycles. The van der Waals surface area contributed by atoms with E-state index in [0.29, 0.717) is 12.3 Å². The molecule has 106 valence electrons. The Hall–Kier alpha value is -2.08. The summed E-state index contributed by atoms with van der Waals surface area (Å²) in [6.07, 6.45) is 0. The number of carbonyl (C=O) groups is 1. The molecule has 1 aromatic carbocycles. The summed E-state index contributed by atoms with van der Waals surface area (Å²) < 4.78 is 6.78. The van der Waals surface area contributed by atoms with Gasteiger partial charge in [-0.1, -0.05) is 11.3 Å². The lowest BCUT2D eigenvalue weighted by atomic mass is 10.3. The van der Waals surface area contributed by atoms with Crippen LogP contribution >= 0.6 is 11.3 Å². The van der Waals surface area contributed by atoms with Crippen LogP contribution in [0.25, 0.3) is 0 Å². The highest BCUT2D eigenvalue weighted by atomic mass is 32.1. The number of nitrogens with one attached hydrogen (secondary N) is 1. The molecule has 0 aliphatic heterocycles. The van der Waals surface area contributed by atoms with Gasteiger partial charge in [-0.2, -0.15) is 0 Å². The topological polar surface area (TPSA) is 60.3 Å². The number of aryl methyl sites for hydroxylation is 1. The maximum Gasteiger partial charge on any atom is 0.307 e. The minimum absolute atomic E-state index is 0.0291. The van der Waals surface area contributed by atoms with Crippen molar-refractivity contribution in [2.45, 2.75) is 20.4 Å². The lowest BCUT2D eigenvalue weighted by molar-refractivity contribution is -0.116. The molecule has 1 amide bonds. The van der Waals surface area contributed by atoms with E-state index in [1.54, 1.807) is 29.6 Å². The van der Waals surface area contributed by atoms with Crippen molar-refractivity contribution in [1.29, 1.82) is 0 Å². The second-order valence-electron chi connectivity index (χ2n) is 4.23. The minimum atomic E-state index is -0.224. The third-order valence-electron chi connectivity index (χ3n) is 2.73. The van der Waals surface area contributed by atoms with E-state index in [1.807, 2.05) is 13.8 Å². The van der Waals surface area contributed by atoms with Crippen LogP contribution in [0.1, 0.15) is 12.6 Å². The van der Waals surface area contributed by atoms with Crippen molar-refractivity contribution in [3.8, 4) is 5.75 Å². The number of ether oxygens (including phenoxy) is 1. The standard InChI is InChI=1S/C14H16N2O3S/c1-3-19-12-6-4-11(5-7-12)15-13(17)8-16-10(2)9-20-14(16)18/h4-7,9H,3,8H2,1-2H3,(H,15,17). The van der Waals surface area contributed by atoms with E-state index >= 15 is 0 Å². The van der Waals surface area contributed by atoms with Crippen LogP contribution in [0.4, 0.5) is 5.69 Å². The van der Waals surface area contributed by atoms with Gasteiger partial charge >= 0.3 is 4.87 Å². The van der Waals surface area contributed by atoms with Crippen molar-refractivity contribution in [3.05, 3.63) is 45.0 Å². The molecular weight excluding hydrogens is 276 g/mol. The van der Waals surface area contributed by atoms with E-state index in [0.717, 1.165) is 22.8 Å². The van der Waals surface area contributed by atoms with Crippen molar-refractivity contribution in [2.24, 2.45) is 0 Å². The SMILES string of the molecule is CCOc1ccc(NC(=O)Cn2c(C)csc2=O)cc1. The molecule has 1 heterocycles. The first kappa shape index (κ1) is 14.3. The van der Waals surface area contributed by atoms with E-state index in [1.165, 1.54) is 4.57 Å². The van der Waals surface area contributed by atoms with Gasteiger partial charge < -0.3 is 10.1 Å². The first-order chi connectivity index (χ1) is 9.60. The Morgan fingerprint density at radius 2 is 2.05 bits per heavy atom. The zero-order valence-electron chi connectivity index (χ0n) is 11.4. The van der Waals surface area contributed by atoms with Crippen LogP contribution in [0.5, 0.6) is 5.75 Å². The number of hydrogen-bond donors (Lipinski definition) is 1. The molecule has 0 saturated heterocycles. The van der Waals surface area contributed by atoms with Gasteiger partial charge in [-0.05, 0) is 38.1 Å². The monoisotopic (exact) mass is 292 g/mol. The van der Waals surface area contributed by atoms with Gasteiger partial charge in [0.15, 0.2) is 0 Å². The van der Waals surface area contributed by atoms with E-state index in [2.05, 4.69) is 5.32 Å². The number of nitrogens with zero attached hydrogens (tertiary/aromatic N) is 1. The number of anilines is 1. The van der Waals surface area contributed by atoms with E-state index in [9.17, 15) is 9.59 Å². The van der Waals surface area contributed by atoms with Gasteiger partial charge in [-0.15, -0.1) is 0 Å². The minimum Gasteiger partial charge on any atom is -0.494 e. The summed E-state index contributed by atoms with van der Waals surface area (Å²) in [4.78, 5) is 23.3. The zero-order valence-corrected chi connectivity index (χ0v) is 12.2. The fraction of sp³-hybridized carbons (Fsp3) is 0.286. The third-order valence-corrected chi connectivity index (χ3v) is 3.61. The summed E-state index contributed by atoms with van der Waals surface area (Å²) in [6.45, 7) is 4.35. The van der Waals surface area contributed by atoms with Crippen LogP contribution in [0, 0.1) is 6.92 Å². The molecule has 0 aliphatic rings. The number of thiazole rings is 1. The van der Waals surface area contributed by atoms with Gasteiger partial charge in [0.25, 0.3) is 0 Å². The Bertz CT molecular complexity index is 643. The second kappa shape index (κ2) is 6.38. The average molecular weight is 292 g/mol. The normalized spacial score (nSPS) is 10.3. The lowest BCUT2D eigenvalue weighted by Crippen LogP contribution is -2.25. The Labute approximate surface area is 120 Å². The molecule has 6 heteroatoms. The fourth-order valence-electron chi connectivity index (χ4n) is 1.74. The number of aromatic nitrogens is 1. The highest BCUT2D eigenvalue weighted by Crippen LogP contribution is 2.15. The Kier molecular flexibility index (Phi) is 4.57. The van der Waals surface area contributed by atoms with Crippen molar-refractivity contribution >= 4 is 22.9 Å². The molecule has 0 radical (unpaired) electrons. The number of rotatable bonds is 5. The number of carbonyl (C=O) groups excluding carboxylic acids is 1. The van der Waals surface area contributed by atoms with Gasteiger partial charge in [-0.25, -0.2) is 0 Å². The zero-order chi connectivity index (χ0) is 14.5. The summed E-state index contributed by atoms with van der Waals surface area (Å²) in [7, 11) is 0. The van der Waals surface area contributed by atoms with Gasteiger partial charge in [0.2, 0.25) is 5.91 Å². The third kappa shape index (κ3) is 3.48. The van der Waals surface area contributed by atoms with E-state index < -0.39 is 0 Å². The summed E-state index contributed by atoms with van der Waals surface area (Å²) in [5.41, 5.74) is 1.47. The van der Waals surface area contributed by atoms with Gasteiger partial charge in [0.05, 0.1) is 6.61 Å². The van der Waals surface area contributed by atoms with Crippen LogP contribution in [0.2, 0.25) is 0 Å². The molecule has 0 spiro atoms. The number of amides is 1. The largest absolute Gasteiger partial charge is 0.494 e. The number of hydrogen-bond acceptors (Lipinski definition) is 4. The summed E-state index contributed by atoms with van der Waals surface area (Å²) in [5, 5.41) is 4.50. The molecule has 1 N–H and O–H groups in total. The molecule has 0 fully saturated rings. The summed E-state index contributed by atoms with van der Waals surface area (Å²) >= 11 is 1.10. The quantitative estimate of drug-likeness (QED) is 0.919. The van der Waals surface area contributed by atoms with Crippen molar-refractivity contribution in [3.63, 3.8) is 0 Å². The molecule has 2 rings (SSSR count). The smallest absolute Gasteiger partial charge is 0.307 e. The highest BCUT2D eigenvalue weighted by Gasteiger charge is 2.08. The van der Waals surface area contributed by atoms with Crippen LogP contribution in [0.3, 0.4) is 0 Å². The molecular formula is C14H16N2O3S. The van der Waals surface area contributed by atoms with Crippen LogP contribution in [-0.4, -0.2) is 17.1 Å². The highest BCUT2D eigenvalue weighted by molar-refractivity contribution is 7.07. The summed E-state index contributed by atoms with van der Waals surface area (Å²) in [5.74, 6) is 0.535. The van der Waals surface area contributed by atoms with Crippen LogP contribution < -0.4 is 14.9 Å². The first-order valence-electron chi connectivity index (χ1n) is 6.28. The first-order valence-corrected chi connectivity index (χ1v) is 7.15. The Morgan fingerprint density at radius 1 is 1.35 bits per heavy atom. The van der Waals surface area contributed by atoms with Gasteiger partial charge in [0, 0.05) is 16.8 Å². The predicted molar refractivity (Wildman–Crippen MR) is 79.6 cm³/mol. The second-order valence-corrected chi connectivity index (χ2v) is 5.06. The van der Waals surface area contributed by atoms with E-state index in [4.69, 9.17) is 4.74 Å². The summed E-state index contributed by atoms with van der Waals surface area (Å²) in [6, 6.07) is 7.13. The molecule has 0 unspecified atom stereocenters. The number of benzene rings is 1. The van der Waals surface area contributed by atoms with Crippen molar-refractivity contribution < 1.29 is 9.53 Å². The fourth-order valence-corrected chi connectivity index (χ4v) is 2.48. The molecule has 1 aromatic heterocycles. The molecule has 0 atom stereocenters. The molecule has 2 aromatic rings. The maximum atomic E-state index is 11.9. The Balaban J connectivity index is 1.99. The van der Waals surface area contributed by atoms with Crippen molar-refractivity contribution in [2.75, 3.05) is 11.9 Å². The van der Waals surface area contributed by atoms with Gasteiger partial charge in [-0.3, -0.25) is 14.2 Å². The Morgan fingerprint density at radius 3 is 2.60 bits per heavy atom. The van der Waals surface area contributed by atoms with Crippen molar-refractivity contribution in [1.82, 2.24) is 4.57 Å². The van der Waals surface area contributed by atoms with Crippen LogP contribution in [-0.2, 0) is 11.3 Å². The van der Waals surface area contributed by atoms with E-state index in [-0.39, 0.29) is 17.3 Å². The lowest BCUT2D eigenvalue weighted by Gasteiger charge is -2.08.